The highest BCUT2D eigenvalue weighted by Gasteiger charge is 2.15. The quantitative estimate of drug-likeness (QED) is 0.564. The largest absolute Gasteiger partial charge is 0.383 e. The van der Waals surface area contributed by atoms with Crippen LogP contribution < -0.4 is 16.0 Å². The van der Waals surface area contributed by atoms with E-state index in [4.69, 9.17) is 4.74 Å². The van der Waals surface area contributed by atoms with Crippen LogP contribution in [0.15, 0.2) is 28.7 Å². The first-order valence-corrected chi connectivity index (χ1v) is 7.87. The van der Waals surface area contributed by atoms with Gasteiger partial charge in [0, 0.05) is 36.8 Å². The van der Waals surface area contributed by atoms with Crippen molar-refractivity contribution in [1.82, 2.24) is 16.0 Å². The minimum atomic E-state index is -0.588. The number of nitrogens with one attached hydrogen (secondary N) is 3. The number of benzene rings is 1. The number of ether oxygens (including phenoxy) is 1. The van der Waals surface area contributed by atoms with Crippen LogP contribution in [0.1, 0.15) is 17.3 Å². The predicted octanol–water partition coefficient (Wildman–Crippen LogP) is 0.920. The molecule has 0 bridgehead atoms. The summed E-state index contributed by atoms with van der Waals surface area (Å²) < 4.78 is 5.80. The van der Waals surface area contributed by atoms with Gasteiger partial charge in [0.25, 0.3) is 5.91 Å². The average molecular weight is 372 g/mol. The molecule has 0 aliphatic rings. The van der Waals surface area contributed by atoms with Crippen LogP contribution >= 0.6 is 15.9 Å². The molecule has 6 nitrogen and oxygen atoms in total. The van der Waals surface area contributed by atoms with Crippen molar-refractivity contribution < 1.29 is 14.3 Å². The van der Waals surface area contributed by atoms with Crippen LogP contribution in [0.3, 0.4) is 0 Å². The van der Waals surface area contributed by atoms with Gasteiger partial charge in [-0.2, -0.15) is 0 Å². The molecule has 1 rings (SSSR count). The van der Waals surface area contributed by atoms with E-state index in [9.17, 15) is 9.59 Å². The summed E-state index contributed by atoms with van der Waals surface area (Å²) in [5.74, 6) is -0.479. The maximum Gasteiger partial charge on any atom is 0.251 e. The van der Waals surface area contributed by atoms with Crippen molar-refractivity contribution in [1.29, 1.82) is 0 Å². The number of hydrogen-bond donors (Lipinski definition) is 3. The lowest BCUT2D eigenvalue weighted by Crippen LogP contribution is -2.46. The van der Waals surface area contributed by atoms with Gasteiger partial charge in [-0.05, 0) is 31.2 Å². The van der Waals surface area contributed by atoms with Crippen molar-refractivity contribution in [3.63, 3.8) is 0 Å². The van der Waals surface area contributed by atoms with E-state index >= 15 is 0 Å². The predicted molar refractivity (Wildman–Crippen MR) is 88.8 cm³/mol. The van der Waals surface area contributed by atoms with Crippen molar-refractivity contribution in [3.05, 3.63) is 34.3 Å². The Hall–Kier alpha value is -1.44. The van der Waals surface area contributed by atoms with Crippen molar-refractivity contribution in [3.8, 4) is 0 Å². The minimum Gasteiger partial charge on any atom is -0.383 e. The number of hydrogen-bond acceptors (Lipinski definition) is 4. The second kappa shape index (κ2) is 10.3. The molecule has 122 valence electrons. The zero-order chi connectivity index (χ0) is 16.4. The molecule has 1 aromatic rings. The van der Waals surface area contributed by atoms with E-state index in [-0.39, 0.29) is 11.8 Å². The van der Waals surface area contributed by atoms with Gasteiger partial charge >= 0.3 is 0 Å². The second-order valence-electron chi connectivity index (χ2n) is 4.74. The fourth-order valence-corrected chi connectivity index (χ4v) is 1.94. The van der Waals surface area contributed by atoms with E-state index in [2.05, 4.69) is 31.9 Å². The van der Waals surface area contributed by atoms with Crippen molar-refractivity contribution in [2.24, 2.45) is 0 Å². The van der Waals surface area contributed by atoms with Crippen molar-refractivity contribution in [2.75, 3.05) is 33.4 Å². The standard InChI is InChI=1S/C15H22BrN3O3/c1-11(14(20)18-8-7-17-9-10-22-2)19-15(21)12-3-5-13(16)6-4-12/h3-6,11,17H,7-10H2,1-2H3,(H,18,20)(H,19,21). The number of methoxy groups -OCH3 is 1. The molecule has 0 aliphatic carbocycles. The van der Waals surface area contributed by atoms with E-state index in [0.717, 1.165) is 11.0 Å². The Morgan fingerprint density at radius 1 is 1.18 bits per heavy atom. The average Bonchev–Trinajstić information content (AvgIpc) is 2.51. The second-order valence-corrected chi connectivity index (χ2v) is 5.65. The van der Waals surface area contributed by atoms with Crippen LogP contribution in [0.2, 0.25) is 0 Å². The molecule has 2 amide bonds. The zero-order valence-corrected chi connectivity index (χ0v) is 14.4. The molecule has 22 heavy (non-hydrogen) atoms. The van der Waals surface area contributed by atoms with Crippen LogP contribution in [-0.2, 0) is 9.53 Å². The summed E-state index contributed by atoms with van der Waals surface area (Å²) in [5.41, 5.74) is 0.518. The Morgan fingerprint density at radius 2 is 1.86 bits per heavy atom. The number of rotatable bonds is 9. The highest BCUT2D eigenvalue weighted by atomic mass is 79.9. The lowest BCUT2D eigenvalue weighted by Gasteiger charge is -2.14. The zero-order valence-electron chi connectivity index (χ0n) is 12.8. The van der Waals surface area contributed by atoms with Gasteiger partial charge < -0.3 is 20.7 Å². The number of carbonyl (C=O) groups excluding carboxylic acids is 2. The molecule has 7 heteroatoms. The third-order valence-electron chi connectivity index (χ3n) is 2.93. The van der Waals surface area contributed by atoms with Crippen LogP contribution in [0.4, 0.5) is 0 Å². The molecule has 0 saturated heterocycles. The van der Waals surface area contributed by atoms with E-state index < -0.39 is 6.04 Å². The molecule has 0 spiro atoms. The maximum absolute atomic E-state index is 12.0. The van der Waals surface area contributed by atoms with Gasteiger partial charge in [0.05, 0.1) is 6.61 Å². The summed E-state index contributed by atoms with van der Waals surface area (Å²) in [6, 6.07) is 6.37. The van der Waals surface area contributed by atoms with Gasteiger partial charge in [-0.3, -0.25) is 9.59 Å². The Kier molecular flexibility index (Phi) is 8.72. The number of amides is 2. The molecule has 0 heterocycles. The van der Waals surface area contributed by atoms with Gasteiger partial charge in [-0.1, -0.05) is 15.9 Å². The van der Waals surface area contributed by atoms with Gasteiger partial charge in [0.1, 0.15) is 6.04 Å². The third-order valence-corrected chi connectivity index (χ3v) is 3.46. The summed E-state index contributed by atoms with van der Waals surface area (Å²) in [5, 5.41) is 8.55. The Bertz CT molecular complexity index is 479. The fraction of sp³-hybridized carbons (Fsp3) is 0.467. The normalized spacial score (nSPS) is 11.8. The van der Waals surface area contributed by atoms with Crippen molar-refractivity contribution >= 4 is 27.7 Å². The van der Waals surface area contributed by atoms with Gasteiger partial charge in [0.15, 0.2) is 0 Å². The van der Waals surface area contributed by atoms with E-state index in [1.54, 1.807) is 38.3 Å². The monoisotopic (exact) mass is 371 g/mol. The molecular weight excluding hydrogens is 350 g/mol. The first-order valence-electron chi connectivity index (χ1n) is 7.08. The summed E-state index contributed by atoms with van der Waals surface area (Å²) in [6.45, 7) is 4.18. The van der Waals surface area contributed by atoms with E-state index in [0.29, 0.717) is 25.3 Å². The van der Waals surface area contributed by atoms with Crippen molar-refractivity contribution in [2.45, 2.75) is 13.0 Å². The summed E-state index contributed by atoms with van der Waals surface area (Å²) in [7, 11) is 1.64. The first kappa shape index (κ1) is 18.6. The number of carbonyl (C=O) groups is 2. The highest BCUT2D eigenvalue weighted by molar-refractivity contribution is 9.10. The van der Waals surface area contributed by atoms with Crippen LogP contribution in [0, 0.1) is 0 Å². The molecule has 0 fully saturated rings. The third kappa shape index (κ3) is 7.02. The Morgan fingerprint density at radius 3 is 2.50 bits per heavy atom. The van der Waals surface area contributed by atoms with E-state index in [1.807, 2.05) is 0 Å². The van der Waals surface area contributed by atoms with E-state index in [1.165, 1.54) is 0 Å². The topological polar surface area (TPSA) is 79.5 Å². The summed E-state index contributed by atoms with van der Waals surface area (Å²) in [6.07, 6.45) is 0. The summed E-state index contributed by atoms with van der Waals surface area (Å²) in [4.78, 5) is 23.9. The molecule has 0 aromatic heterocycles. The fourth-order valence-electron chi connectivity index (χ4n) is 1.67. The smallest absolute Gasteiger partial charge is 0.251 e. The van der Waals surface area contributed by atoms with Gasteiger partial charge in [0.2, 0.25) is 5.91 Å². The lowest BCUT2D eigenvalue weighted by atomic mass is 10.2. The molecule has 0 aliphatic heterocycles. The molecule has 0 saturated carbocycles. The van der Waals surface area contributed by atoms with Crippen LogP contribution in [-0.4, -0.2) is 51.2 Å². The van der Waals surface area contributed by atoms with Gasteiger partial charge in [-0.25, -0.2) is 0 Å². The lowest BCUT2D eigenvalue weighted by molar-refractivity contribution is -0.122. The molecule has 1 unspecified atom stereocenters. The molecule has 1 atom stereocenters. The molecular formula is C15H22BrN3O3. The number of halogens is 1. The van der Waals surface area contributed by atoms with Crippen LogP contribution in [0.25, 0.3) is 0 Å². The molecule has 0 radical (unpaired) electrons. The Labute approximate surface area is 139 Å². The van der Waals surface area contributed by atoms with Gasteiger partial charge in [-0.15, -0.1) is 0 Å². The molecule has 3 N–H and O–H groups in total. The summed E-state index contributed by atoms with van der Waals surface area (Å²) >= 11 is 3.31. The molecule has 1 aromatic carbocycles. The Balaban J connectivity index is 2.28. The van der Waals surface area contributed by atoms with Crippen LogP contribution in [0.5, 0.6) is 0 Å². The SMILES string of the molecule is COCCNCCNC(=O)C(C)NC(=O)c1ccc(Br)cc1. The first-order chi connectivity index (χ1) is 10.5. The minimum absolute atomic E-state index is 0.209. The highest BCUT2D eigenvalue weighted by Crippen LogP contribution is 2.10. The maximum atomic E-state index is 12.0.